The van der Waals surface area contributed by atoms with Crippen LogP contribution >= 0.6 is 0 Å². The fraction of sp³-hybridized carbons (Fsp3) is 0.500. The van der Waals surface area contributed by atoms with Gasteiger partial charge in [0.05, 0.1) is 11.4 Å². The van der Waals surface area contributed by atoms with Crippen LogP contribution in [-0.4, -0.2) is 51.4 Å². The molecular weight excluding hydrogens is 349 g/mol. The van der Waals surface area contributed by atoms with Crippen LogP contribution in [-0.2, 0) is 0 Å². The summed E-state index contributed by atoms with van der Waals surface area (Å²) in [6.45, 7) is 4.92. The van der Waals surface area contributed by atoms with Crippen LogP contribution in [0.3, 0.4) is 0 Å². The highest BCUT2D eigenvalue weighted by molar-refractivity contribution is 5.89. The molecule has 2 heterocycles. The molecule has 146 valence electrons. The molecule has 0 bridgehead atoms. The molecule has 9 heteroatoms. The van der Waals surface area contributed by atoms with E-state index in [0.717, 1.165) is 12.8 Å². The van der Waals surface area contributed by atoms with Crippen molar-refractivity contribution in [2.24, 2.45) is 5.92 Å². The number of aromatic nitrogens is 3. The molecule has 1 aliphatic heterocycles. The van der Waals surface area contributed by atoms with Crippen LogP contribution in [0.1, 0.15) is 26.7 Å². The number of benzene rings is 1. The van der Waals surface area contributed by atoms with Crippen molar-refractivity contribution < 1.29 is 9.18 Å². The van der Waals surface area contributed by atoms with Crippen LogP contribution in [0.5, 0.6) is 0 Å². The quantitative estimate of drug-likeness (QED) is 0.720. The van der Waals surface area contributed by atoms with Crippen molar-refractivity contribution in [2.45, 2.75) is 38.8 Å². The van der Waals surface area contributed by atoms with Crippen molar-refractivity contribution in [1.82, 2.24) is 30.5 Å². The topological polar surface area (TPSA) is 87.1 Å². The highest BCUT2D eigenvalue weighted by Gasteiger charge is 2.29. The molecule has 2 unspecified atom stereocenters. The number of carbonyl (C=O) groups excluding carboxylic acids is 1. The lowest BCUT2D eigenvalue weighted by Crippen LogP contribution is -2.33. The van der Waals surface area contributed by atoms with Crippen LogP contribution in [0.2, 0.25) is 0 Å². The Bertz CT molecular complexity index is 757. The average molecular weight is 375 g/mol. The second-order valence-corrected chi connectivity index (χ2v) is 7.06. The summed E-state index contributed by atoms with van der Waals surface area (Å²) in [7, 11) is 1.72. The molecule has 2 aromatic rings. The summed E-state index contributed by atoms with van der Waals surface area (Å²) in [5, 5.41) is 10.1. The lowest BCUT2D eigenvalue weighted by atomic mass is 9.92. The molecule has 0 aliphatic carbocycles. The zero-order valence-corrected chi connectivity index (χ0v) is 15.8. The summed E-state index contributed by atoms with van der Waals surface area (Å²) in [4.78, 5) is 14.0. The monoisotopic (exact) mass is 375 g/mol. The first-order valence-electron chi connectivity index (χ1n) is 9.13. The number of hydrogen-bond acceptors (Lipinski definition) is 5. The second kappa shape index (κ2) is 8.45. The number of nitrogens with one attached hydrogen (secondary N) is 3. The molecule has 1 aromatic heterocycles. The predicted molar refractivity (Wildman–Crippen MR) is 101 cm³/mol. The molecule has 1 aromatic carbocycles. The Morgan fingerprint density at radius 1 is 1.26 bits per heavy atom. The molecule has 0 saturated carbocycles. The van der Waals surface area contributed by atoms with Crippen molar-refractivity contribution in [3.05, 3.63) is 36.7 Å². The molecule has 8 nitrogen and oxygen atoms in total. The van der Waals surface area contributed by atoms with Gasteiger partial charge in [0.1, 0.15) is 18.5 Å². The van der Waals surface area contributed by atoms with E-state index in [1.54, 1.807) is 28.6 Å². The molecule has 3 N–H and O–H groups in total. The van der Waals surface area contributed by atoms with Crippen molar-refractivity contribution >= 4 is 11.7 Å². The zero-order valence-electron chi connectivity index (χ0n) is 15.8. The summed E-state index contributed by atoms with van der Waals surface area (Å²) in [5.74, 6) is 0.0405. The largest absolute Gasteiger partial charge is 0.328 e. The van der Waals surface area contributed by atoms with E-state index in [9.17, 15) is 9.18 Å². The highest BCUT2D eigenvalue weighted by atomic mass is 19.1. The van der Waals surface area contributed by atoms with E-state index in [2.05, 4.69) is 40.2 Å². The first kappa shape index (κ1) is 19.2. The summed E-state index contributed by atoms with van der Waals surface area (Å²) < 4.78 is 15.7. The third-order valence-electron chi connectivity index (χ3n) is 5.11. The normalized spacial score (nSPS) is 22.0. The molecule has 1 saturated heterocycles. The minimum atomic E-state index is -0.487. The van der Waals surface area contributed by atoms with Gasteiger partial charge in [-0.15, -0.1) is 10.2 Å². The summed E-state index contributed by atoms with van der Waals surface area (Å²) in [6.07, 6.45) is 4.92. The van der Waals surface area contributed by atoms with Crippen LogP contribution < -0.4 is 16.2 Å². The lowest BCUT2D eigenvalue weighted by Gasteiger charge is -2.21. The number of nitrogens with zero attached hydrogens (tertiary/aromatic N) is 4. The molecule has 2 atom stereocenters. The van der Waals surface area contributed by atoms with E-state index < -0.39 is 5.82 Å². The number of hydrogen-bond donors (Lipinski definition) is 3. The summed E-state index contributed by atoms with van der Waals surface area (Å²) >= 11 is 0. The summed E-state index contributed by atoms with van der Waals surface area (Å²) in [6, 6.07) is 4.96. The van der Waals surface area contributed by atoms with Gasteiger partial charge in [-0.25, -0.2) is 9.18 Å². The predicted octanol–water partition coefficient (Wildman–Crippen LogP) is 2.15. The van der Waals surface area contributed by atoms with Crippen molar-refractivity contribution in [2.75, 3.05) is 18.9 Å². The number of hydrazine groups is 1. The fourth-order valence-corrected chi connectivity index (χ4v) is 3.39. The maximum atomic E-state index is 14.1. The Morgan fingerprint density at radius 3 is 2.59 bits per heavy atom. The highest BCUT2D eigenvalue weighted by Crippen LogP contribution is 2.21. The average Bonchev–Trinajstić information content (AvgIpc) is 3.28. The van der Waals surface area contributed by atoms with Gasteiger partial charge in [0.2, 0.25) is 0 Å². The SMILES string of the molecule is CC1NNC(C)C1CCCN(C)C(=O)Nc1cc(-n2cnnc2)ccc1F. The third kappa shape index (κ3) is 4.61. The Hall–Kier alpha value is -2.52. The molecule has 1 aliphatic rings. The van der Waals surface area contributed by atoms with Gasteiger partial charge in [-0.05, 0) is 50.8 Å². The number of amides is 2. The zero-order chi connectivity index (χ0) is 19.4. The van der Waals surface area contributed by atoms with Gasteiger partial charge in [-0.3, -0.25) is 15.4 Å². The van der Waals surface area contributed by atoms with Crippen molar-refractivity contribution in [3.8, 4) is 5.69 Å². The van der Waals surface area contributed by atoms with Crippen LogP contribution in [0.4, 0.5) is 14.9 Å². The molecule has 3 rings (SSSR count). The third-order valence-corrected chi connectivity index (χ3v) is 5.11. The van der Waals surface area contributed by atoms with Crippen LogP contribution in [0, 0.1) is 11.7 Å². The van der Waals surface area contributed by atoms with Crippen molar-refractivity contribution in [1.29, 1.82) is 0 Å². The molecule has 0 spiro atoms. The van der Waals surface area contributed by atoms with Gasteiger partial charge < -0.3 is 10.2 Å². The number of urea groups is 1. The Balaban J connectivity index is 1.54. The van der Waals surface area contributed by atoms with Crippen LogP contribution in [0.25, 0.3) is 5.69 Å². The van der Waals surface area contributed by atoms with Crippen molar-refractivity contribution in [3.63, 3.8) is 0 Å². The standard InChI is InChI=1S/C18H26FN7O/c1-12-15(13(2)24-23-12)5-4-8-25(3)18(27)22-17-9-14(6-7-16(17)19)26-10-20-21-11-26/h6-7,9-13,15,23-24H,4-5,8H2,1-3H3,(H,22,27). The van der Waals surface area contributed by atoms with Gasteiger partial charge in [0.15, 0.2) is 0 Å². The van der Waals surface area contributed by atoms with Crippen LogP contribution in [0.15, 0.2) is 30.9 Å². The number of rotatable bonds is 6. The molecule has 1 fully saturated rings. The van der Waals surface area contributed by atoms with Gasteiger partial charge >= 0.3 is 6.03 Å². The number of anilines is 1. The minimum Gasteiger partial charge on any atom is -0.328 e. The lowest BCUT2D eigenvalue weighted by molar-refractivity contribution is 0.220. The first-order valence-corrected chi connectivity index (χ1v) is 9.13. The molecule has 0 radical (unpaired) electrons. The van der Waals surface area contributed by atoms with Gasteiger partial charge in [-0.2, -0.15) is 0 Å². The number of halogens is 1. The van der Waals surface area contributed by atoms with Gasteiger partial charge in [-0.1, -0.05) is 0 Å². The molecule has 2 amide bonds. The van der Waals surface area contributed by atoms with E-state index in [1.807, 2.05) is 0 Å². The smallest absolute Gasteiger partial charge is 0.321 e. The van der Waals surface area contributed by atoms with E-state index in [-0.39, 0.29) is 11.7 Å². The summed E-state index contributed by atoms with van der Waals surface area (Å²) in [5.41, 5.74) is 7.28. The Kier molecular flexibility index (Phi) is 6.02. The van der Waals surface area contributed by atoms with Gasteiger partial charge in [0, 0.05) is 25.7 Å². The second-order valence-electron chi connectivity index (χ2n) is 7.06. The number of carbonyl (C=O) groups is 1. The van der Waals surface area contributed by atoms with E-state index in [4.69, 9.17) is 0 Å². The Labute approximate surface area is 158 Å². The maximum Gasteiger partial charge on any atom is 0.321 e. The van der Waals surface area contributed by atoms with E-state index in [1.165, 1.54) is 18.7 Å². The molecule has 27 heavy (non-hydrogen) atoms. The minimum absolute atomic E-state index is 0.129. The van der Waals surface area contributed by atoms with E-state index in [0.29, 0.717) is 30.2 Å². The van der Waals surface area contributed by atoms with Gasteiger partial charge in [0.25, 0.3) is 0 Å². The Morgan fingerprint density at radius 2 is 1.93 bits per heavy atom. The molecular formula is C18H26FN7O. The van der Waals surface area contributed by atoms with E-state index >= 15 is 0 Å². The first-order chi connectivity index (χ1) is 13.0. The fourth-order valence-electron chi connectivity index (χ4n) is 3.39. The maximum absolute atomic E-state index is 14.1.